The molecular weight excluding hydrogens is 361 g/mol. The number of aldehydes is 1. The molecule has 28 heavy (non-hydrogen) atoms. The van der Waals surface area contributed by atoms with E-state index in [0.717, 1.165) is 11.4 Å². The molecule has 7 heteroatoms. The van der Waals surface area contributed by atoms with Gasteiger partial charge >= 0.3 is 0 Å². The summed E-state index contributed by atoms with van der Waals surface area (Å²) in [5.74, 6) is 0.115. The number of carbonyl (C=O) groups excluding carboxylic acids is 2. The maximum atomic E-state index is 13.5. The number of nitrogens with zero attached hydrogens (tertiary/aromatic N) is 2. The van der Waals surface area contributed by atoms with Gasteiger partial charge in [0.25, 0.3) is 5.91 Å². The molecule has 3 aromatic rings. The zero-order chi connectivity index (χ0) is 19.7. The highest BCUT2D eigenvalue weighted by Crippen LogP contribution is 2.25. The summed E-state index contributed by atoms with van der Waals surface area (Å²) in [6.07, 6.45) is 0.610. The van der Waals surface area contributed by atoms with Gasteiger partial charge in [-0.25, -0.2) is 4.39 Å². The van der Waals surface area contributed by atoms with E-state index in [4.69, 9.17) is 4.74 Å². The number of carbonyl (C=O) groups is 2. The fraction of sp³-hybridized carbons (Fsp3) is 0.238. The number of ether oxygens (including phenoxy) is 1. The predicted molar refractivity (Wildman–Crippen MR) is 105 cm³/mol. The Bertz CT molecular complexity index is 1020. The van der Waals surface area contributed by atoms with Crippen LogP contribution < -0.4 is 9.64 Å². The average Bonchev–Trinajstić information content (AvgIpc) is 3.11. The Kier molecular flexibility index (Phi) is 4.73. The molecule has 0 spiro atoms. The molecule has 0 radical (unpaired) electrons. The van der Waals surface area contributed by atoms with Crippen molar-refractivity contribution in [2.75, 3.05) is 38.2 Å². The van der Waals surface area contributed by atoms with Crippen molar-refractivity contribution in [1.29, 1.82) is 0 Å². The number of benzene rings is 2. The minimum Gasteiger partial charge on any atom is -0.497 e. The van der Waals surface area contributed by atoms with Gasteiger partial charge in [-0.2, -0.15) is 0 Å². The molecule has 0 aliphatic carbocycles. The number of nitrogens with one attached hydrogen (secondary N) is 1. The molecule has 144 valence electrons. The molecule has 6 nitrogen and oxygen atoms in total. The van der Waals surface area contributed by atoms with E-state index in [-0.39, 0.29) is 17.2 Å². The maximum absolute atomic E-state index is 13.5. The molecular formula is C21H20FN3O3. The van der Waals surface area contributed by atoms with E-state index < -0.39 is 5.82 Å². The lowest BCUT2D eigenvalue weighted by atomic mass is 10.1. The van der Waals surface area contributed by atoms with Crippen LogP contribution in [0.3, 0.4) is 0 Å². The van der Waals surface area contributed by atoms with E-state index in [9.17, 15) is 14.0 Å². The zero-order valence-electron chi connectivity index (χ0n) is 15.4. The number of rotatable bonds is 4. The SMILES string of the molecule is COc1ccc(N2CCN(C(=O)c3[nH]c4ccc(F)cc4c3C=O)CC2)cc1. The number of hydrogen-bond donors (Lipinski definition) is 1. The van der Waals surface area contributed by atoms with Crippen molar-refractivity contribution in [1.82, 2.24) is 9.88 Å². The summed E-state index contributed by atoms with van der Waals surface area (Å²) in [4.78, 5) is 31.4. The van der Waals surface area contributed by atoms with Crippen LogP contribution in [-0.4, -0.2) is 55.4 Å². The number of amides is 1. The molecule has 2 heterocycles. The van der Waals surface area contributed by atoms with Gasteiger partial charge in [-0.05, 0) is 42.5 Å². The van der Waals surface area contributed by atoms with Crippen molar-refractivity contribution in [2.24, 2.45) is 0 Å². The average molecular weight is 381 g/mol. The number of hydrogen-bond acceptors (Lipinski definition) is 4. The van der Waals surface area contributed by atoms with Gasteiger partial charge in [-0.1, -0.05) is 0 Å². The van der Waals surface area contributed by atoms with Crippen LogP contribution in [0.5, 0.6) is 5.75 Å². The molecule has 1 saturated heterocycles. The van der Waals surface area contributed by atoms with Crippen molar-refractivity contribution in [3.05, 3.63) is 59.5 Å². The number of halogens is 1. The minimum atomic E-state index is -0.443. The fourth-order valence-electron chi connectivity index (χ4n) is 3.59. The molecule has 4 rings (SSSR count). The van der Waals surface area contributed by atoms with Gasteiger partial charge < -0.3 is 19.5 Å². The second kappa shape index (κ2) is 7.34. The normalized spacial score (nSPS) is 14.4. The van der Waals surface area contributed by atoms with E-state index in [1.807, 2.05) is 24.3 Å². The van der Waals surface area contributed by atoms with Crippen molar-refractivity contribution in [3.63, 3.8) is 0 Å². The highest BCUT2D eigenvalue weighted by Gasteiger charge is 2.26. The maximum Gasteiger partial charge on any atom is 0.271 e. The third-order valence-electron chi connectivity index (χ3n) is 5.14. The first kappa shape index (κ1) is 18.0. The van der Waals surface area contributed by atoms with Gasteiger partial charge in [-0.15, -0.1) is 0 Å². The molecule has 0 saturated carbocycles. The molecule has 1 N–H and O–H groups in total. The van der Waals surface area contributed by atoms with Crippen molar-refractivity contribution >= 4 is 28.8 Å². The van der Waals surface area contributed by atoms with Crippen LogP contribution in [-0.2, 0) is 0 Å². The largest absolute Gasteiger partial charge is 0.497 e. The van der Waals surface area contributed by atoms with Gasteiger partial charge in [0.15, 0.2) is 6.29 Å². The molecule has 1 aliphatic rings. The lowest BCUT2D eigenvalue weighted by Gasteiger charge is -2.36. The Hall–Kier alpha value is -3.35. The summed E-state index contributed by atoms with van der Waals surface area (Å²) < 4.78 is 18.7. The lowest BCUT2D eigenvalue weighted by molar-refractivity contribution is 0.0739. The Balaban J connectivity index is 1.51. The molecule has 0 unspecified atom stereocenters. The summed E-state index contributed by atoms with van der Waals surface area (Å²) in [6.45, 7) is 2.44. The molecule has 1 fully saturated rings. The number of methoxy groups -OCH3 is 1. The van der Waals surface area contributed by atoms with Gasteiger partial charge in [0, 0.05) is 42.8 Å². The highest BCUT2D eigenvalue weighted by atomic mass is 19.1. The lowest BCUT2D eigenvalue weighted by Crippen LogP contribution is -2.49. The predicted octanol–water partition coefficient (Wildman–Crippen LogP) is 3.09. The number of aromatic amines is 1. The Morgan fingerprint density at radius 1 is 1.11 bits per heavy atom. The van der Waals surface area contributed by atoms with Crippen LogP contribution in [0, 0.1) is 5.82 Å². The van der Waals surface area contributed by atoms with Crippen LogP contribution in [0.2, 0.25) is 0 Å². The Morgan fingerprint density at radius 2 is 1.82 bits per heavy atom. The second-order valence-electron chi connectivity index (χ2n) is 6.70. The molecule has 2 aromatic carbocycles. The molecule has 0 bridgehead atoms. The first-order valence-corrected chi connectivity index (χ1v) is 9.05. The summed E-state index contributed by atoms with van der Waals surface area (Å²) >= 11 is 0. The van der Waals surface area contributed by atoms with E-state index in [1.54, 1.807) is 12.0 Å². The molecule has 1 amide bonds. The smallest absolute Gasteiger partial charge is 0.271 e. The van der Waals surface area contributed by atoms with Crippen molar-refractivity contribution in [3.8, 4) is 5.75 Å². The minimum absolute atomic E-state index is 0.206. The van der Waals surface area contributed by atoms with E-state index in [1.165, 1.54) is 18.2 Å². The van der Waals surface area contributed by atoms with Gasteiger partial charge in [-0.3, -0.25) is 9.59 Å². The van der Waals surface area contributed by atoms with Crippen LogP contribution in [0.4, 0.5) is 10.1 Å². The highest BCUT2D eigenvalue weighted by molar-refractivity contribution is 6.09. The third kappa shape index (κ3) is 3.19. The van der Waals surface area contributed by atoms with Crippen LogP contribution in [0.15, 0.2) is 42.5 Å². The molecule has 1 aliphatic heterocycles. The topological polar surface area (TPSA) is 65.6 Å². The van der Waals surface area contributed by atoms with Crippen molar-refractivity contribution in [2.45, 2.75) is 0 Å². The first-order valence-electron chi connectivity index (χ1n) is 9.05. The number of aromatic nitrogens is 1. The third-order valence-corrected chi connectivity index (χ3v) is 5.14. The standard InChI is InChI=1S/C21H20FN3O3/c1-28-16-5-3-15(4-6-16)24-8-10-25(11-9-24)21(27)20-18(13-26)17-12-14(22)2-7-19(17)23-20/h2-7,12-13,23H,8-11H2,1H3. The van der Waals surface area contributed by atoms with Gasteiger partial charge in [0.05, 0.1) is 12.7 Å². The Labute approximate surface area is 161 Å². The Morgan fingerprint density at radius 3 is 2.46 bits per heavy atom. The summed E-state index contributed by atoms with van der Waals surface area (Å²) in [7, 11) is 1.63. The van der Waals surface area contributed by atoms with Crippen LogP contribution in [0.25, 0.3) is 10.9 Å². The number of H-pyrrole nitrogens is 1. The van der Waals surface area contributed by atoms with E-state index in [0.29, 0.717) is 43.4 Å². The van der Waals surface area contributed by atoms with E-state index in [2.05, 4.69) is 9.88 Å². The number of piperazine rings is 1. The number of anilines is 1. The second-order valence-corrected chi connectivity index (χ2v) is 6.70. The summed E-state index contributed by atoms with van der Waals surface area (Å²) in [6, 6.07) is 11.9. The molecule has 0 atom stereocenters. The van der Waals surface area contributed by atoms with Gasteiger partial charge in [0.2, 0.25) is 0 Å². The first-order chi connectivity index (χ1) is 13.6. The molecule has 1 aromatic heterocycles. The monoisotopic (exact) mass is 381 g/mol. The summed E-state index contributed by atoms with van der Waals surface area (Å²) in [5, 5.41) is 0.426. The van der Waals surface area contributed by atoms with Crippen molar-refractivity contribution < 1.29 is 18.7 Å². The van der Waals surface area contributed by atoms with Crippen LogP contribution in [0.1, 0.15) is 20.8 Å². The summed E-state index contributed by atoms with van der Waals surface area (Å²) in [5.41, 5.74) is 2.07. The quantitative estimate of drug-likeness (QED) is 0.706. The number of fused-ring (bicyclic) bond motifs is 1. The zero-order valence-corrected chi connectivity index (χ0v) is 15.4. The van der Waals surface area contributed by atoms with Gasteiger partial charge in [0.1, 0.15) is 17.3 Å². The van der Waals surface area contributed by atoms with Crippen LogP contribution >= 0.6 is 0 Å². The van der Waals surface area contributed by atoms with E-state index >= 15 is 0 Å². The fourth-order valence-corrected chi connectivity index (χ4v) is 3.59.